The third kappa shape index (κ3) is 4.66. The van der Waals surface area contributed by atoms with E-state index in [1.807, 2.05) is 47.4 Å². The first-order valence-corrected chi connectivity index (χ1v) is 9.65. The topological polar surface area (TPSA) is 54.0 Å². The molecule has 0 aromatic heterocycles. The maximum atomic E-state index is 12.5. The minimum Gasteiger partial charge on any atom is -0.496 e. The lowest BCUT2D eigenvalue weighted by atomic mass is 10.2. The fourth-order valence-corrected chi connectivity index (χ4v) is 3.62. The number of hydrogen-bond acceptors (Lipinski definition) is 4. The Hall–Kier alpha value is -2.41. The van der Waals surface area contributed by atoms with E-state index in [2.05, 4.69) is 26.1 Å². The monoisotopic (exact) mass is 433 g/mol. The van der Waals surface area contributed by atoms with Crippen LogP contribution in [0.15, 0.2) is 46.9 Å². The summed E-state index contributed by atoms with van der Waals surface area (Å²) in [7, 11) is 3.31. The van der Waals surface area contributed by atoms with Gasteiger partial charge in [0.15, 0.2) is 0 Å². The van der Waals surface area contributed by atoms with Crippen molar-refractivity contribution < 1.29 is 14.3 Å². The normalized spacial score (nSPS) is 14.0. The fraction of sp³-hybridized carbons (Fsp3) is 0.350. The molecule has 1 saturated heterocycles. The zero-order chi connectivity index (χ0) is 19.2. The molecular weight excluding hydrogens is 410 g/mol. The van der Waals surface area contributed by atoms with Crippen LogP contribution in [0.4, 0.5) is 10.5 Å². The van der Waals surface area contributed by atoms with E-state index in [4.69, 9.17) is 9.47 Å². The SMILES string of the molecule is COc1ccc(Br)cc1CNC(=O)N1CCN(c2ccccc2OC)CC1. The fourth-order valence-electron chi connectivity index (χ4n) is 3.21. The summed E-state index contributed by atoms with van der Waals surface area (Å²) < 4.78 is 11.8. The number of rotatable bonds is 5. The van der Waals surface area contributed by atoms with Gasteiger partial charge in [0.1, 0.15) is 11.5 Å². The van der Waals surface area contributed by atoms with E-state index in [1.54, 1.807) is 14.2 Å². The van der Waals surface area contributed by atoms with E-state index in [0.29, 0.717) is 19.6 Å². The molecule has 0 atom stereocenters. The number of ether oxygens (including phenoxy) is 2. The molecule has 6 nitrogen and oxygen atoms in total. The quantitative estimate of drug-likeness (QED) is 0.783. The van der Waals surface area contributed by atoms with Gasteiger partial charge in [-0.2, -0.15) is 0 Å². The van der Waals surface area contributed by atoms with Gasteiger partial charge < -0.3 is 24.6 Å². The molecule has 1 aliphatic heterocycles. The molecule has 0 aliphatic carbocycles. The molecule has 0 spiro atoms. The third-order valence-corrected chi connectivity index (χ3v) is 5.16. The number of nitrogens with zero attached hydrogens (tertiary/aromatic N) is 2. The van der Waals surface area contributed by atoms with Gasteiger partial charge >= 0.3 is 6.03 Å². The number of carbonyl (C=O) groups excluding carboxylic acids is 1. The molecular formula is C20H24BrN3O3. The zero-order valence-electron chi connectivity index (χ0n) is 15.6. The highest BCUT2D eigenvalue weighted by Crippen LogP contribution is 2.28. The Morgan fingerprint density at radius 3 is 2.44 bits per heavy atom. The van der Waals surface area contributed by atoms with Gasteiger partial charge in [0.05, 0.1) is 19.9 Å². The predicted molar refractivity (Wildman–Crippen MR) is 110 cm³/mol. The molecule has 1 fully saturated rings. The van der Waals surface area contributed by atoms with E-state index in [0.717, 1.165) is 40.3 Å². The first kappa shape index (κ1) is 19.4. The van der Waals surface area contributed by atoms with Crippen molar-refractivity contribution in [2.24, 2.45) is 0 Å². The summed E-state index contributed by atoms with van der Waals surface area (Å²) in [5.41, 5.74) is 2.01. The lowest BCUT2D eigenvalue weighted by molar-refractivity contribution is 0.193. The van der Waals surface area contributed by atoms with E-state index in [1.165, 1.54) is 0 Å². The van der Waals surface area contributed by atoms with Crippen LogP contribution in [-0.2, 0) is 6.54 Å². The van der Waals surface area contributed by atoms with Crippen LogP contribution in [0.1, 0.15) is 5.56 Å². The summed E-state index contributed by atoms with van der Waals surface area (Å²) in [4.78, 5) is 16.6. The Morgan fingerprint density at radius 1 is 1.04 bits per heavy atom. The lowest BCUT2D eigenvalue weighted by Gasteiger charge is -2.36. The molecule has 3 rings (SSSR count). The standard InChI is InChI=1S/C20H24BrN3O3/c1-26-18-8-7-16(21)13-15(18)14-22-20(25)24-11-9-23(10-12-24)17-5-3-4-6-19(17)27-2/h3-8,13H,9-12,14H2,1-2H3,(H,22,25). The third-order valence-electron chi connectivity index (χ3n) is 4.67. The first-order chi connectivity index (χ1) is 13.1. The molecule has 0 unspecified atom stereocenters. The summed E-state index contributed by atoms with van der Waals surface area (Å²) in [6.45, 7) is 3.30. The molecule has 144 valence electrons. The van der Waals surface area contributed by atoms with Crippen molar-refractivity contribution in [2.45, 2.75) is 6.54 Å². The lowest BCUT2D eigenvalue weighted by Crippen LogP contribution is -2.51. The Kier molecular flexibility index (Phi) is 6.45. The number of carbonyl (C=O) groups is 1. The Morgan fingerprint density at radius 2 is 1.74 bits per heavy atom. The van der Waals surface area contributed by atoms with Crippen LogP contribution in [0.5, 0.6) is 11.5 Å². The van der Waals surface area contributed by atoms with Gasteiger partial charge in [-0.25, -0.2) is 4.79 Å². The number of halogens is 1. The largest absolute Gasteiger partial charge is 0.496 e. The van der Waals surface area contributed by atoms with Crippen LogP contribution in [0.2, 0.25) is 0 Å². The summed E-state index contributed by atoms with van der Waals surface area (Å²) in [6, 6.07) is 13.7. The smallest absolute Gasteiger partial charge is 0.317 e. The maximum absolute atomic E-state index is 12.5. The Labute approximate surface area is 168 Å². The molecule has 0 radical (unpaired) electrons. The van der Waals surface area contributed by atoms with Crippen LogP contribution < -0.4 is 19.7 Å². The van der Waals surface area contributed by atoms with Crippen LogP contribution in [0.3, 0.4) is 0 Å². The van der Waals surface area contributed by atoms with Gasteiger partial charge in [-0.3, -0.25) is 0 Å². The second kappa shape index (κ2) is 8.99. The minimum absolute atomic E-state index is 0.0586. The molecule has 1 N–H and O–H groups in total. The number of piperazine rings is 1. The zero-order valence-corrected chi connectivity index (χ0v) is 17.2. The van der Waals surface area contributed by atoms with Gasteiger partial charge in [-0.1, -0.05) is 28.1 Å². The molecule has 2 amide bonds. The van der Waals surface area contributed by atoms with Crippen molar-refractivity contribution in [2.75, 3.05) is 45.3 Å². The summed E-state index contributed by atoms with van der Waals surface area (Å²) in [5, 5.41) is 2.99. The number of para-hydroxylation sites is 2. The van der Waals surface area contributed by atoms with Gasteiger partial charge in [0.2, 0.25) is 0 Å². The highest BCUT2D eigenvalue weighted by molar-refractivity contribution is 9.10. The summed E-state index contributed by atoms with van der Waals surface area (Å²) in [5.74, 6) is 1.62. The highest BCUT2D eigenvalue weighted by atomic mass is 79.9. The van der Waals surface area contributed by atoms with Gasteiger partial charge in [-0.05, 0) is 30.3 Å². The molecule has 7 heteroatoms. The molecule has 27 heavy (non-hydrogen) atoms. The van der Waals surface area contributed by atoms with Gasteiger partial charge in [-0.15, -0.1) is 0 Å². The molecule has 0 saturated carbocycles. The van der Waals surface area contributed by atoms with E-state index >= 15 is 0 Å². The minimum atomic E-state index is -0.0586. The van der Waals surface area contributed by atoms with Crippen LogP contribution in [0.25, 0.3) is 0 Å². The van der Waals surface area contributed by atoms with Crippen molar-refractivity contribution in [3.8, 4) is 11.5 Å². The van der Waals surface area contributed by atoms with Crippen LogP contribution in [-0.4, -0.2) is 51.3 Å². The molecule has 1 aliphatic rings. The summed E-state index contributed by atoms with van der Waals surface area (Å²) in [6.07, 6.45) is 0. The van der Waals surface area contributed by atoms with Crippen molar-refractivity contribution in [3.63, 3.8) is 0 Å². The molecule has 0 bridgehead atoms. The molecule has 2 aromatic rings. The first-order valence-electron chi connectivity index (χ1n) is 8.85. The second-order valence-electron chi connectivity index (χ2n) is 6.26. The second-order valence-corrected chi connectivity index (χ2v) is 7.18. The number of urea groups is 1. The number of anilines is 1. The van der Waals surface area contributed by atoms with E-state index < -0.39 is 0 Å². The number of hydrogen-bond donors (Lipinski definition) is 1. The van der Waals surface area contributed by atoms with E-state index in [-0.39, 0.29) is 6.03 Å². The highest BCUT2D eigenvalue weighted by Gasteiger charge is 2.22. The van der Waals surface area contributed by atoms with Crippen LogP contribution >= 0.6 is 15.9 Å². The van der Waals surface area contributed by atoms with Crippen molar-refractivity contribution in [3.05, 3.63) is 52.5 Å². The number of nitrogens with one attached hydrogen (secondary N) is 1. The maximum Gasteiger partial charge on any atom is 0.317 e. The van der Waals surface area contributed by atoms with Crippen molar-refractivity contribution >= 4 is 27.6 Å². The Bertz CT molecular complexity index is 792. The number of methoxy groups -OCH3 is 2. The predicted octanol–water partition coefficient (Wildman–Crippen LogP) is 3.50. The van der Waals surface area contributed by atoms with E-state index in [9.17, 15) is 4.79 Å². The summed E-state index contributed by atoms with van der Waals surface area (Å²) >= 11 is 3.46. The average Bonchev–Trinajstić information content (AvgIpc) is 2.72. The Balaban J connectivity index is 1.55. The van der Waals surface area contributed by atoms with Crippen molar-refractivity contribution in [1.29, 1.82) is 0 Å². The van der Waals surface area contributed by atoms with Gasteiger partial charge in [0.25, 0.3) is 0 Å². The number of benzene rings is 2. The van der Waals surface area contributed by atoms with Crippen molar-refractivity contribution in [1.82, 2.24) is 10.2 Å². The average molecular weight is 434 g/mol. The number of amides is 2. The van der Waals surface area contributed by atoms with Crippen LogP contribution in [0, 0.1) is 0 Å². The van der Waals surface area contributed by atoms with Gasteiger partial charge in [0, 0.05) is 42.8 Å². The molecule has 2 aromatic carbocycles. The molecule has 1 heterocycles.